The van der Waals surface area contributed by atoms with Crippen LogP contribution in [0.1, 0.15) is 27.2 Å². The highest BCUT2D eigenvalue weighted by molar-refractivity contribution is 5.32. The van der Waals surface area contributed by atoms with E-state index in [-0.39, 0.29) is 16.7 Å². The van der Waals surface area contributed by atoms with Gasteiger partial charge < -0.3 is 19.4 Å². The van der Waals surface area contributed by atoms with Crippen molar-refractivity contribution >= 4 is 5.82 Å². The number of nitrogens with one attached hydrogen (secondary N) is 1. The molecule has 1 aromatic rings. The lowest BCUT2D eigenvalue weighted by Crippen LogP contribution is -2.42. The van der Waals surface area contributed by atoms with E-state index in [2.05, 4.69) is 10.3 Å². The smallest absolute Gasteiger partial charge is 0.293 e. The topological polar surface area (TPSA) is 65.4 Å². The first-order valence-corrected chi connectivity index (χ1v) is 6.83. The van der Waals surface area contributed by atoms with E-state index in [1.54, 1.807) is 24.1 Å². The Balaban J connectivity index is 2.16. The highest BCUT2D eigenvalue weighted by Crippen LogP contribution is 2.22. The monoisotopic (exact) mass is 281 g/mol. The van der Waals surface area contributed by atoms with Crippen molar-refractivity contribution in [1.82, 2.24) is 9.55 Å². The van der Waals surface area contributed by atoms with E-state index >= 15 is 0 Å². The lowest BCUT2D eigenvalue weighted by molar-refractivity contribution is -0.00628. The van der Waals surface area contributed by atoms with Crippen molar-refractivity contribution < 1.29 is 9.47 Å². The number of methoxy groups -OCH3 is 1. The fourth-order valence-corrected chi connectivity index (χ4v) is 2.27. The van der Waals surface area contributed by atoms with Crippen molar-refractivity contribution in [1.29, 1.82) is 0 Å². The van der Waals surface area contributed by atoms with Gasteiger partial charge in [0.25, 0.3) is 5.56 Å². The maximum atomic E-state index is 12.4. The molecule has 1 unspecified atom stereocenters. The predicted octanol–water partition coefficient (Wildman–Crippen LogP) is 1.22. The van der Waals surface area contributed by atoms with E-state index in [0.29, 0.717) is 25.6 Å². The molecule has 6 nitrogen and oxygen atoms in total. The van der Waals surface area contributed by atoms with Gasteiger partial charge in [0, 0.05) is 44.6 Å². The van der Waals surface area contributed by atoms with Gasteiger partial charge >= 0.3 is 0 Å². The Morgan fingerprint density at radius 1 is 1.55 bits per heavy atom. The molecule has 1 atom stereocenters. The molecule has 1 fully saturated rings. The summed E-state index contributed by atoms with van der Waals surface area (Å²) < 4.78 is 12.6. The van der Waals surface area contributed by atoms with E-state index in [0.717, 1.165) is 6.42 Å². The number of aromatic nitrogens is 2. The van der Waals surface area contributed by atoms with Gasteiger partial charge in [-0.05, 0) is 20.8 Å². The van der Waals surface area contributed by atoms with Crippen molar-refractivity contribution in [3.05, 3.63) is 22.7 Å². The summed E-state index contributed by atoms with van der Waals surface area (Å²) in [5.41, 5.74) is -0.757. The standard InChI is InChI=1S/C14H23N3O3/c1-13(2,3)17-7-6-15-11(12(17)18)16-9-14(19-4)5-8-20-10-14/h6-7H,5,8-10H2,1-4H3,(H,15,16). The summed E-state index contributed by atoms with van der Waals surface area (Å²) in [5, 5.41) is 3.11. The summed E-state index contributed by atoms with van der Waals surface area (Å²) >= 11 is 0. The number of anilines is 1. The summed E-state index contributed by atoms with van der Waals surface area (Å²) in [6.07, 6.45) is 4.16. The Morgan fingerprint density at radius 3 is 2.85 bits per heavy atom. The zero-order valence-electron chi connectivity index (χ0n) is 12.6. The molecule has 2 heterocycles. The Kier molecular flexibility index (Phi) is 4.15. The molecular weight excluding hydrogens is 258 g/mol. The molecule has 0 saturated carbocycles. The number of hydrogen-bond acceptors (Lipinski definition) is 5. The van der Waals surface area contributed by atoms with Crippen molar-refractivity contribution in [2.45, 2.75) is 38.3 Å². The van der Waals surface area contributed by atoms with Crippen LogP contribution in [0.5, 0.6) is 0 Å². The van der Waals surface area contributed by atoms with Crippen LogP contribution in [-0.4, -0.2) is 42.0 Å². The summed E-state index contributed by atoms with van der Waals surface area (Å²) in [7, 11) is 1.67. The van der Waals surface area contributed by atoms with E-state index < -0.39 is 0 Å². The van der Waals surface area contributed by atoms with Gasteiger partial charge in [0.05, 0.1) is 6.61 Å². The fraction of sp³-hybridized carbons (Fsp3) is 0.714. The molecule has 0 radical (unpaired) electrons. The molecule has 0 amide bonds. The molecule has 1 aliphatic rings. The number of rotatable bonds is 4. The average Bonchev–Trinajstić information content (AvgIpc) is 2.85. The second kappa shape index (κ2) is 5.54. The zero-order valence-corrected chi connectivity index (χ0v) is 12.6. The van der Waals surface area contributed by atoms with Crippen LogP contribution in [-0.2, 0) is 15.0 Å². The Hall–Kier alpha value is -1.40. The number of ether oxygens (including phenoxy) is 2. The van der Waals surface area contributed by atoms with Crippen LogP contribution < -0.4 is 10.9 Å². The molecule has 0 aliphatic carbocycles. The molecule has 1 N–H and O–H groups in total. The number of nitrogens with zero attached hydrogens (tertiary/aromatic N) is 2. The maximum Gasteiger partial charge on any atom is 0.293 e. The van der Waals surface area contributed by atoms with Gasteiger partial charge in [-0.15, -0.1) is 0 Å². The first-order chi connectivity index (χ1) is 9.38. The molecule has 20 heavy (non-hydrogen) atoms. The van der Waals surface area contributed by atoms with E-state index in [9.17, 15) is 4.79 Å². The van der Waals surface area contributed by atoms with Crippen molar-refractivity contribution in [2.75, 3.05) is 32.2 Å². The largest absolute Gasteiger partial charge is 0.378 e. The van der Waals surface area contributed by atoms with Gasteiger partial charge in [0.15, 0.2) is 5.82 Å². The Morgan fingerprint density at radius 2 is 2.30 bits per heavy atom. The van der Waals surface area contributed by atoms with Gasteiger partial charge in [-0.2, -0.15) is 0 Å². The Labute approximate surface area is 119 Å². The average molecular weight is 281 g/mol. The van der Waals surface area contributed by atoms with Crippen LogP contribution in [0.4, 0.5) is 5.82 Å². The minimum Gasteiger partial charge on any atom is -0.378 e. The molecule has 1 aliphatic heterocycles. The van der Waals surface area contributed by atoms with Crippen molar-refractivity contribution in [2.24, 2.45) is 0 Å². The predicted molar refractivity (Wildman–Crippen MR) is 77.2 cm³/mol. The van der Waals surface area contributed by atoms with Crippen LogP contribution in [0, 0.1) is 0 Å². The van der Waals surface area contributed by atoms with Gasteiger partial charge in [-0.3, -0.25) is 4.79 Å². The first kappa shape index (κ1) is 15.0. The summed E-state index contributed by atoms with van der Waals surface area (Å²) in [4.78, 5) is 16.5. The fourth-order valence-electron chi connectivity index (χ4n) is 2.27. The number of hydrogen-bond donors (Lipinski definition) is 1. The van der Waals surface area contributed by atoms with Gasteiger partial charge in [-0.1, -0.05) is 0 Å². The zero-order chi connectivity index (χ0) is 14.8. The molecule has 112 valence electrons. The third kappa shape index (κ3) is 3.02. The maximum absolute atomic E-state index is 12.4. The highest BCUT2D eigenvalue weighted by atomic mass is 16.5. The van der Waals surface area contributed by atoms with E-state index in [4.69, 9.17) is 9.47 Å². The third-order valence-electron chi connectivity index (χ3n) is 3.64. The quantitative estimate of drug-likeness (QED) is 0.899. The van der Waals surface area contributed by atoms with Gasteiger partial charge in [0.2, 0.25) is 0 Å². The lowest BCUT2D eigenvalue weighted by Gasteiger charge is -2.27. The first-order valence-electron chi connectivity index (χ1n) is 6.83. The van der Waals surface area contributed by atoms with E-state index in [1.807, 2.05) is 20.8 Å². The van der Waals surface area contributed by atoms with Crippen LogP contribution >= 0.6 is 0 Å². The van der Waals surface area contributed by atoms with Crippen LogP contribution in [0.15, 0.2) is 17.2 Å². The summed E-state index contributed by atoms with van der Waals surface area (Å²) in [6.45, 7) is 7.69. The highest BCUT2D eigenvalue weighted by Gasteiger charge is 2.35. The second-order valence-electron chi connectivity index (χ2n) is 6.17. The molecule has 2 rings (SSSR count). The Bertz CT molecular complexity index is 513. The van der Waals surface area contributed by atoms with Crippen molar-refractivity contribution in [3.8, 4) is 0 Å². The van der Waals surface area contributed by atoms with Gasteiger partial charge in [-0.25, -0.2) is 4.98 Å². The van der Waals surface area contributed by atoms with Crippen LogP contribution in [0.2, 0.25) is 0 Å². The molecule has 0 bridgehead atoms. The van der Waals surface area contributed by atoms with E-state index in [1.165, 1.54) is 0 Å². The van der Waals surface area contributed by atoms with Gasteiger partial charge in [0.1, 0.15) is 5.60 Å². The molecule has 1 aromatic heterocycles. The minimum atomic E-state index is -0.365. The third-order valence-corrected chi connectivity index (χ3v) is 3.64. The minimum absolute atomic E-state index is 0.120. The molecule has 0 aromatic carbocycles. The molecule has 6 heteroatoms. The normalized spacial score (nSPS) is 23.0. The lowest BCUT2D eigenvalue weighted by atomic mass is 10.0. The van der Waals surface area contributed by atoms with Crippen molar-refractivity contribution in [3.63, 3.8) is 0 Å². The summed E-state index contributed by atoms with van der Waals surface area (Å²) in [6, 6.07) is 0. The molecule has 0 spiro atoms. The summed E-state index contributed by atoms with van der Waals surface area (Å²) in [5.74, 6) is 0.353. The second-order valence-corrected chi connectivity index (χ2v) is 6.17. The molecule has 1 saturated heterocycles. The van der Waals surface area contributed by atoms with Crippen LogP contribution in [0.3, 0.4) is 0 Å². The van der Waals surface area contributed by atoms with Crippen LogP contribution in [0.25, 0.3) is 0 Å². The molecular formula is C14H23N3O3. The SMILES string of the molecule is COC1(CNc2nccn(C(C)(C)C)c2=O)CCOC1.